The lowest BCUT2D eigenvalue weighted by Gasteiger charge is -2.13. The molecule has 0 aliphatic rings. The van der Waals surface area contributed by atoms with Gasteiger partial charge >= 0.3 is 0 Å². The van der Waals surface area contributed by atoms with Crippen LogP contribution in [0.3, 0.4) is 0 Å². The highest BCUT2D eigenvalue weighted by Gasteiger charge is 2.13. The van der Waals surface area contributed by atoms with E-state index in [1.807, 2.05) is 24.5 Å². The number of para-hydroxylation sites is 1. The molecule has 0 radical (unpaired) electrons. The van der Waals surface area contributed by atoms with Gasteiger partial charge in [0.1, 0.15) is 5.75 Å². The van der Waals surface area contributed by atoms with E-state index in [4.69, 9.17) is 10.5 Å². The maximum Gasteiger partial charge on any atom is 0.262 e. The molecule has 0 heterocycles. The molecule has 0 aliphatic carbocycles. The maximum atomic E-state index is 12.0. The number of rotatable bonds is 9. The summed E-state index contributed by atoms with van der Waals surface area (Å²) in [5.74, 6) is 0.820. The average Bonchev–Trinajstić information content (AvgIpc) is 2.65. The third-order valence-corrected chi connectivity index (χ3v) is 4.14. The number of carbonyl (C=O) groups is 2. The van der Waals surface area contributed by atoms with Crippen molar-refractivity contribution in [2.75, 3.05) is 29.2 Å². The van der Waals surface area contributed by atoms with Crippen LogP contribution in [-0.2, 0) is 9.59 Å². The molecule has 6 nitrogen and oxygen atoms in total. The van der Waals surface area contributed by atoms with Gasteiger partial charge in [-0.2, -0.15) is 11.8 Å². The summed E-state index contributed by atoms with van der Waals surface area (Å²) in [7, 11) is 0. The molecule has 2 aromatic rings. The third kappa shape index (κ3) is 6.78. The molecule has 0 bridgehead atoms. The second kappa shape index (κ2) is 10.5. The summed E-state index contributed by atoms with van der Waals surface area (Å²) in [5.41, 5.74) is 7.14. The van der Waals surface area contributed by atoms with Gasteiger partial charge in [-0.25, -0.2) is 0 Å². The van der Waals surface area contributed by atoms with Crippen molar-refractivity contribution in [3.8, 4) is 5.75 Å². The lowest BCUT2D eigenvalue weighted by Crippen LogP contribution is -2.36. The molecule has 4 N–H and O–H groups in total. The topological polar surface area (TPSA) is 93.5 Å². The zero-order valence-electron chi connectivity index (χ0n) is 14.6. The van der Waals surface area contributed by atoms with Gasteiger partial charge in [0, 0.05) is 17.4 Å². The highest BCUT2D eigenvalue weighted by Crippen LogP contribution is 2.18. The van der Waals surface area contributed by atoms with E-state index >= 15 is 0 Å². The van der Waals surface area contributed by atoms with Crippen LogP contribution in [0.25, 0.3) is 0 Å². The zero-order chi connectivity index (χ0) is 18.8. The molecule has 1 atom stereocenters. The first-order chi connectivity index (χ1) is 12.6. The van der Waals surface area contributed by atoms with Gasteiger partial charge in [0.15, 0.2) is 6.61 Å². The number of ether oxygens (including phenoxy) is 1. The quantitative estimate of drug-likeness (QED) is 0.628. The van der Waals surface area contributed by atoms with Crippen molar-refractivity contribution in [1.29, 1.82) is 0 Å². The minimum atomic E-state index is -0.552. The van der Waals surface area contributed by atoms with E-state index in [1.165, 1.54) is 0 Å². The minimum absolute atomic E-state index is 0.125. The van der Waals surface area contributed by atoms with Crippen molar-refractivity contribution in [3.63, 3.8) is 0 Å². The van der Waals surface area contributed by atoms with Crippen LogP contribution in [0, 0.1) is 0 Å². The van der Waals surface area contributed by atoms with Crippen molar-refractivity contribution in [3.05, 3.63) is 54.6 Å². The van der Waals surface area contributed by atoms with Gasteiger partial charge < -0.3 is 21.1 Å². The number of hydrogen-bond acceptors (Lipinski definition) is 5. The van der Waals surface area contributed by atoms with Crippen molar-refractivity contribution in [2.24, 2.45) is 5.73 Å². The number of nitrogens with one attached hydrogen (secondary N) is 2. The van der Waals surface area contributed by atoms with Gasteiger partial charge in [0.05, 0.1) is 6.04 Å². The van der Waals surface area contributed by atoms with E-state index in [9.17, 15) is 9.59 Å². The Morgan fingerprint density at radius 1 is 1.08 bits per heavy atom. The van der Waals surface area contributed by atoms with Crippen LogP contribution in [0.4, 0.5) is 11.4 Å². The molecule has 0 unspecified atom stereocenters. The Balaban J connectivity index is 1.84. The minimum Gasteiger partial charge on any atom is -0.484 e. The molecule has 0 saturated carbocycles. The Morgan fingerprint density at radius 2 is 1.81 bits per heavy atom. The fraction of sp³-hybridized carbons (Fsp3) is 0.263. The first-order valence-electron chi connectivity index (χ1n) is 8.21. The molecule has 26 heavy (non-hydrogen) atoms. The summed E-state index contributed by atoms with van der Waals surface area (Å²) in [6.45, 7) is -0.125. The number of amides is 2. The summed E-state index contributed by atoms with van der Waals surface area (Å²) < 4.78 is 5.49. The van der Waals surface area contributed by atoms with Gasteiger partial charge in [-0.1, -0.05) is 24.3 Å². The van der Waals surface area contributed by atoms with E-state index in [0.29, 0.717) is 23.5 Å². The SMILES string of the molecule is CSCC[C@H](N)C(=O)Nc1cccc(OCC(=O)Nc2ccccc2)c1. The molecule has 2 aromatic carbocycles. The Kier molecular flexibility index (Phi) is 7.98. The standard InChI is InChI=1S/C19H23N3O3S/c1-26-11-10-17(20)19(24)22-15-8-5-9-16(12-15)25-13-18(23)21-14-6-3-2-4-7-14/h2-9,12,17H,10-11,13,20H2,1H3,(H,21,23)(H,22,24)/t17-/m0/s1. The van der Waals surface area contributed by atoms with Crippen LogP contribution in [-0.4, -0.2) is 36.5 Å². The predicted molar refractivity (Wildman–Crippen MR) is 107 cm³/mol. The summed E-state index contributed by atoms with van der Waals surface area (Å²) in [4.78, 5) is 24.0. The lowest BCUT2D eigenvalue weighted by atomic mass is 10.2. The highest BCUT2D eigenvalue weighted by atomic mass is 32.2. The summed E-state index contributed by atoms with van der Waals surface area (Å²) >= 11 is 1.65. The Labute approximate surface area is 157 Å². The monoisotopic (exact) mass is 373 g/mol. The number of thioether (sulfide) groups is 1. The van der Waals surface area contributed by atoms with Crippen LogP contribution >= 0.6 is 11.8 Å². The first kappa shape index (κ1) is 19.8. The predicted octanol–water partition coefficient (Wildman–Crippen LogP) is 2.72. The molecule has 0 saturated heterocycles. The van der Waals surface area contributed by atoms with Crippen molar-refractivity contribution >= 4 is 35.0 Å². The number of hydrogen-bond donors (Lipinski definition) is 3. The van der Waals surface area contributed by atoms with Gasteiger partial charge in [-0.05, 0) is 42.7 Å². The van der Waals surface area contributed by atoms with E-state index in [-0.39, 0.29) is 18.4 Å². The van der Waals surface area contributed by atoms with Crippen LogP contribution < -0.4 is 21.1 Å². The fourth-order valence-corrected chi connectivity index (χ4v) is 2.63. The number of nitrogens with two attached hydrogens (primary N) is 1. The Bertz CT molecular complexity index is 725. The Hall–Kier alpha value is -2.51. The summed E-state index contributed by atoms with van der Waals surface area (Å²) in [5, 5.41) is 5.51. The van der Waals surface area contributed by atoms with E-state index in [0.717, 1.165) is 5.75 Å². The summed E-state index contributed by atoms with van der Waals surface area (Å²) in [6.07, 6.45) is 2.59. The lowest BCUT2D eigenvalue weighted by molar-refractivity contribution is -0.118. The second-order valence-electron chi connectivity index (χ2n) is 5.61. The molecule has 138 valence electrons. The molecular weight excluding hydrogens is 350 g/mol. The van der Waals surface area contributed by atoms with Crippen molar-refractivity contribution in [1.82, 2.24) is 0 Å². The van der Waals surface area contributed by atoms with E-state index in [2.05, 4.69) is 10.6 Å². The largest absolute Gasteiger partial charge is 0.484 e. The van der Waals surface area contributed by atoms with Crippen LogP contribution in [0.5, 0.6) is 5.75 Å². The first-order valence-corrected chi connectivity index (χ1v) is 9.61. The van der Waals surface area contributed by atoms with Crippen molar-refractivity contribution < 1.29 is 14.3 Å². The van der Waals surface area contributed by atoms with Gasteiger partial charge in [-0.15, -0.1) is 0 Å². The number of carbonyl (C=O) groups excluding carboxylic acids is 2. The summed E-state index contributed by atoms with van der Waals surface area (Å²) in [6, 6.07) is 15.5. The molecule has 0 aliphatic heterocycles. The smallest absolute Gasteiger partial charge is 0.262 e. The van der Waals surface area contributed by atoms with Gasteiger partial charge in [0.25, 0.3) is 5.91 Å². The fourth-order valence-electron chi connectivity index (χ4n) is 2.14. The van der Waals surface area contributed by atoms with Gasteiger partial charge in [-0.3, -0.25) is 9.59 Å². The number of benzene rings is 2. The molecule has 2 rings (SSSR count). The normalized spacial score (nSPS) is 11.5. The maximum absolute atomic E-state index is 12.0. The van der Waals surface area contributed by atoms with Crippen LogP contribution in [0.15, 0.2) is 54.6 Å². The number of anilines is 2. The zero-order valence-corrected chi connectivity index (χ0v) is 15.4. The molecular formula is C19H23N3O3S. The average molecular weight is 373 g/mol. The third-order valence-electron chi connectivity index (χ3n) is 3.50. The molecule has 0 aromatic heterocycles. The van der Waals surface area contributed by atoms with E-state index < -0.39 is 6.04 Å². The van der Waals surface area contributed by atoms with Crippen LogP contribution in [0.1, 0.15) is 6.42 Å². The van der Waals surface area contributed by atoms with Gasteiger partial charge in [0.2, 0.25) is 5.91 Å². The molecule has 7 heteroatoms. The highest BCUT2D eigenvalue weighted by molar-refractivity contribution is 7.98. The van der Waals surface area contributed by atoms with E-state index in [1.54, 1.807) is 48.2 Å². The van der Waals surface area contributed by atoms with Crippen LogP contribution in [0.2, 0.25) is 0 Å². The Morgan fingerprint density at radius 3 is 2.54 bits per heavy atom. The molecule has 2 amide bonds. The molecule has 0 fully saturated rings. The van der Waals surface area contributed by atoms with Crippen molar-refractivity contribution in [2.45, 2.75) is 12.5 Å². The second-order valence-corrected chi connectivity index (χ2v) is 6.59. The molecule has 0 spiro atoms.